The normalized spacial score (nSPS) is 12.4. The summed E-state index contributed by atoms with van der Waals surface area (Å²) in [6, 6.07) is 12.5. The molecule has 0 aliphatic heterocycles. The first-order chi connectivity index (χ1) is 10.1. The van der Waals surface area contributed by atoms with Gasteiger partial charge in [-0.05, 0) is 54.8 Å². The molecule has 2 aromatic rings. The number of benzene rings is 2. The molecule has 1 atom stereocenters. The van der Waals surface area contributed by atoms with Crippen molar-refractivity contribution in [2.24, 2.45) is 0 Å². The lowest BCUT2D eigenvalue weighted by atomic mass is 9.98. The molecular weight excluding hydrogens is 308 g/mol. The third-order valence-electron chi connectivity index (χ3n) is 3.33. The molecule has 112 valence electrons. The molecule has 0 aliphatic carbocycles. The Kier molecular flexibility index (Phi) is 6.04. The SMILES string of the molecule is CCCNC(Cc1ccc(Cl)cc1F)c1cccc(Cl)c1. The molecule has 0 aliphatic rings. The summed E-state index contributed by atoms with van der Waals surface area (Å²) in [4.78, 5) is 0. The number of hydrogen-bond acceptors (Lipinski definition) is 1. The molecule has 2 aromatic carbocycles. The zero-order chi connectivity index (χ0) is 15.2. The molecule has 0 amide bonds. The van der Waals surface area contributed by atoms with Gasteiger partial charge in [-0.25, -0.2) is 4.39 Å². The molecule has 21 heavy (non-hydrogen) atoms. The average Bonchev–Trinajstić information content (AvgIpc) is 2.45. The Hall–Kier alpha value is -1.09. The molecule has 0 saturated carbocycles. The zero-order valence-electron chi connectivity index (χ0n) is 11.9. The summed E-state index contributed by atoms with van der Waals surface area (Å²) in [5.41, 5.74) is 1.71. The minimum Gasteiger partial charge on any atom is -0.310 e. The van der Waals surface area contributed by atoms with Crippen molar-refractivity contribution in [3.63, 3.8) is 0 Å². The van der Waals surface area contributed by atoms with Gasteiger partial charge >= 0.3 is 0 Å². The zero-order valence-corrected chi connectivity index (χ0v) is 13.4. The molecule has 1 N–H and O–H groups in total. The van der Waals surface area contributed by atoms with Gasteiger partial charge in [0.1, 0.15) is 5.82 Å². The number of halogens is 3. The molecule has 0 aromatic heterocycles. The van der Waals surface area contributed by atoms with Gasteiger partial charge in [-0.2, -0.15) is 0 Å². The van der Waals surface area contributed by atoms with Gasteiger partial charge in [-0.15, -0.1) is 0 Å². The highest BCUT2D eigenvalue weighted by atomic mass is 35.5. The predicted molar refractivity (Wildman–Crippen MR) is 87.6 cm³/mol. The van der Waals surface area contributed by atoms with E-state index in [0.29, 0.717) is 22.0 Å². The molecule has 0 fully saturated rings. The molecule has 1 nitrogen and oxygen atoms in total. The van der Waals surface area contributed by atoms with Crippen LogP contribution in [0.1, 0.15) is 30.5 Å². The highest BCUT2D eigenvalue weighted by molar-refractivity contribution is 6.30. The maximum Gasteiger partial charge on any atom is 0.127 e. The highest BCUT2D eigenvalue weighted by Gasteiger charge is 2.14. The number of rotatable bonds is 6. The van der Waals surface area contributed by atoms with Crippen LogP contribution in [-0.4, -0.2) is 6.54 Å². The Labute approximate surface area is 135 Å². The lowest BCUT2D eigenvalue weighted by molar-refractivity contribution is 0.513. The summed E-state index contributed by atoms with van der Waals surface area (Å²) in [6.07, 6.45) is 1.57. The minimum absolute atomic E-state index is 0.0272. The Morgan fingerprint density at radius 2 is 1.86 bits per heavy atom. The fraction of sp³-hybridized carbons (Fsp3) is 0.294. The molecule has 0 radical (unpaired) electrons. The number of nitrogens with one attached hydrogen (secondary N) is 1. The molecule has 1 unspecified atom stereocenters. The van der Waals surface area contributed by atoms with Crippen LogP contribution in [0.3, 0.4) is 0 Å². The van der Waals surface area contributed by atoms with E-state index in [0.717, 1.165) is 18.5 Å². The van der Waals surface area contributed by atoms with E-state index in [1.165, 1.54) is 6.07 Å². The second-order valence-electron chi connectivity index (χ2n) is 5.00. The van der Waals surface area contributed by atoms with Crippen molar-refractivity contribution >= 4 is 23.2 Å². The standard InChI is InChI=1S/C17H18Cl2FN/c1-2-8-21-17(13-4-3-5-14(18)9-13)10-12-6-7-15(19)11-16(12)20/h3-7,9,11,17,21H,2,8,10H2,1H3. The van der Waals surface area contributed by atoms with Crippen molar-refractivity contribution in [3.05, 3.63) is 69.5 Å². The van der Waals surface area contributed by atoms with E-state index in [4.69, 9.17) is 23.2 Å². The van der Waals surface area contributed by atoms with Crippen LogP contribution in [-0.2, 0) is 6.42 Å². The van der Waals surface area contributed by atoms with Gasteiger partial charge in [-0.3, -0.25) is 0 Å². The largest absolute Gasteiger partial charge is 0.310 e. The van der Waals surface area contributed by atoms with E-state index in [-0.39, 0.29) is 11.9 Å². The number of hydrogen-bond donors (Lipinski definition) is 1. The molecule has 0 heterocycles. The van der Waals surface area contributed by atoms with Crippen LogP contribution < -0.4 is 5.32 Å². The molecular formula is C17H18Cl2FN. The summed E-state index contributed by atoms with van der Waals surface area (Å²) in [5, 5.41) is 4.55. The van der Waals surface area contributed by atoms with Crippen LogP contribution >= 0.6 is 23.2 Å². The maximum atomic E-state index is 14.0. The first kappa shape index (κ1) is 16.3. The fourth-order valence-corrected chi connectivity index (χ4v) is 2.61. The van der Waals surface area contributed by atoms with Gasteiger partial charge in [0, 0.05) is 16.1 Å². The van der Waals surface area contributed by atoms with Crippen molar-refractivity contribution in [1.29, 1.82) is 0 Å². The van der Waals surface area contributed by atoms with Crippen LogP contribution in [0, 0.1) is 5.82 Å². The Morgan fingerprint density at radius 1 is 1.10 bits per heavy atom. The van der Waals surface area contributed by atoms with Gasteiger partial charge in [0.05, 0.1) is 0 Å². The van der Waals surface area contributed by atoms with Crippen molar-refractivity contribution in [2.75, 3.05) is 6.54 Å². The van der Waals surface area contributed by atoms with Crippen molar-refractivity contribution in [1.82, 2.24) is 5.32 Å². The van der Waals surface area contributed by atoms with Gasteiger partial charge in [0.15, 0.2) is 0 Å². The van der Waals surface area contributed by atoms with E-state index in [1.807, 2.05) is 24.3 Å². The van der Waals surface area contributed by atoms with Crippen LogP contribution in [0.15, 0.2) is 42.5 Å². The minimum atomic E-state index is -0.271. The second kappa shape index (κ2) is 7.79. The maximum absolute atomic E-state index is 14.0. The summed E-state index contributed by atoms with van der Waals surface area (Å²) >= 11 is 11.9. The first-order valence-corrected chi connectivity index (χ1v) is 7.78. The van der Waals surface area contributed by atoms with E-state index >= 15 is 0 Å². The first-order valence-electron chi connectivity index (χ1n) is 7.03. The third kappa shape index (κ3) is 4.70. The topological polar surface area (TPSA) is 12.0 Å². The van der Waals surface area contributed by atoms with E-state index in [2.05, 4.69) is 12.2 Å². The summed E-state index contributed by atoms with van der Waals surface area (Å²) < 4.78 is 14.0. The summed E-state index contributed by atoms with van der Waals surface area (Å²) in [7, 11) is 0. The molecule has 2 rings (SSSR count). The monoisotopic (exact) mass is 325 g/mol. The lowest BCUT2D eigenvalue weighted by Crippen LogP contribution is -2.24. The van der Waals surface area contributed by atoms with Gasteiger partial charge in [-0.1, -0.05) is 48.3 Å². The summed E-state index contributed by atoms with van der Waals surface area (Å²) in [6.45, 7) is 2.97. The molecule has 0 saturated heterocycles. The molecule has 0 spiro atoms. The van der Waals surface area contributed by atoms with Crippen LogP contribution in [0.25, 0.3) is 0 Å². The van der Waals surface area contributed by atoms with E-state index < -0.39 is 0 Å². The molecule has 4 heteroatoms. The summed E-state index contributed by atoms with van der Waals surface area (Å²) in [5.74, 6) is -0.271. The smallest absolute Gasteiger partial charge is 0.127 e. The highest BCUT2D eigenvalue weighted by Crippen LogP contribution is 2.24. The third-order valence-corrected chi connectivity index (χ3v) is 3.80. The Morgan fingerprint density at radius 3 is 2.52 bits per heavy atom. The Bertz CT molecular complexity index is 601. The average molecular weight is 326 g/mol. The second-order valence-corrected chi connectivity index (χ2v) is 5.87. The lowest BCUT2D eigenvalue weighted by Gasteiger charge is -2.20. The van der Waals surface area contributed by atoms with E-state index in [9.17, 15) is 4.39 Å². The van der Waals surface area contributed by atoms with Crippen molar-refractivity contribution < 1.29 is 4.39 Å². The van der Waals surface area contributed by atoms with Gasteiger partial charge < -0.3 is 5.32 Å². The molecule has 0 bridgehead atoms. The quantitative estimate of drug-likeness (QED) is 0.748. The Balaban J connectivity index is 2.23. The van der Waals surface area contributed by atoms with Gasteiger partial charge in [0.25, 0.3) is 0 Å². The van der Waals surface area contributed by atoms with Crippen molar-refractivity contribution in [2.45, 2.75) is 25.8 Å². The van der Waals surface area contributed by atoms with Crippen LogP contribution in [0.5, 0.6) is 0 Å². The van der Waals surface area contributed by atoms with Crippen LogP contribution in [0.4, 0.5) is 4.39 Å². The predicted octanol–water partition coefficient (Wildman–Crippen LogP) is 5.42. The fourth-order valence-electron chi connectivity index (χ4n) is 2.26. The van der Waals surface area contributed by atoms with E-state index in [1.54, 1.807) is 12.1 Å². The van der Waals surface area contributed by atoms with Gasteiger partial charge in [0.2, 0.25) is 0 Å². The van der Waals surface area contributed by atoms with Crippen LogP contribution in [0.2, 0.25) is 10.0 Å². The van der Waals surface area contributed by atoms with Crippen molar-refractivity contribution in [3.8, 4) is 0 Å².